The number of carbonyl (C=O) groups is 1. The molecule has 5 N–H and O–H groups in total. The summed E-state index contributed by atoms with van der Waals surface area (Å²) in [5.41, 5.74) is 10.0. The summed E-state index contributed by atoms with van der Waals surface area (Å²) >= 11 is 0. The van der Waals surface area contributed by atoms with Crippen LogP contribution in [0.2, 0.25) is 0 Å². The molecule has 1 aromatic carbocycles. The van der Waals surface area contributed by atoms with Crippen LogP contribution in [-0.4, -0.2) is 30.3 Å². The molecular weight excluding hydrogens is 262 g/mol. The van der Waals surface area contributed by atoms with Crippen LogP contribution < -0.4 is 16.2 Å². The summed E-state index contributed by atoms with van der Waals surface area (Å²) in [6.45, 7) is 0. The molecule has 1 rings (SSSR count). The lowest BCUT2D eigenvalue weighted by Crippen LogP contribution is -2.47. The largest absolute Gasteiger partial charge is 0.445 e. The number of aliphatic imine (C=N–C) groups is 1. The molecule has 0 amide bonds. The second-order valence-electron chi connectivity index (χ2n) is 3.18. The Labute approximate surface area is 103 Å². The van der Waals surface area contributed by atoms with Gasteiger partial charge in [0.05, 0.1) is 0 Å². The number of rotatable bonds is 5. The topological polar surface area (TPSA) is 145 Å². The molecule has 8 nitrogen and oxygen atoms in total. The van der Waals surface area contributed by atoms with E-state index in [9.17, 15) is 13.2 Å². The molecule has 0 spiro atoms. The van der Waals surface area contributed by atoms with Gasteiger partial charge in [0.15, 0.2) is 5.96 Å². The van der Waals surface area contributed by atoms with Crippen molar-refractivity contribution in [2.75, 3.05) is 0 Å². The third-order valence-electron chi connectivity index (χ3n) is 1.81. The molecule has 0 aliphatic heterocycles. The molecule has 1 aromatic rings. The molecule has 0 aliphatic carbocycles. The molecule has 0 saturated heterocycles. The Kier molecular flexibility index (Phi) is 3.89. The van der Waals surface area contributed by atoms with Crippen LogP contribution in [0.1, 0.15) is 0 Å². The van der Waals surface area contributed by atoms with E-state index in [0.29, 0.717) is 0 Å². The van der Waals surface area contributed by atoms with Crippen molar-refractivity contribution in [1.29, 1.82) is 0 Å². The Morgan fingerprint density at radius 2 is 1.89 bits per heavy atom. The summed E-state index contributed by atoms with van der Waals surface area (Å²) in [6, 6.07) is 7.44. The Bertz CT molecular complexity index is 553. The molecule has 0 saturated carbocycles. The van der Waals surface area contributed by atoms with Crippen molar-refractivity contribution in [1.82, 2.24) is 0 Å². The third kappa shape index (κ3) is 2.96. The van der Waals surface area contributed by atoms with Gasteiger partial charge in [-0.2, -0.15) is 13.4 Å². The van der Waals surface area contributed by atoms with Crippen molar-refractivity contribution in [2.24, 2.45) is 16.5 Å². The van der Waals surface area contributed by atoms with Gasteiger partial charge < -0.3 is 16.2 Å². The summed E-state index contributed by atoms with van der Waals surface area (Å²) in [5, 5.41) is -2.91. The van der Waals surface area contributed by atoms with Crippen LogP contribution in [0.15, 0.2) is 35.3 Å². The maximum atomic E-state index is 11.2. The molecule has 0 aromatic heterocycles. The number of benzene rings is 1. The van der Waals surface area contributed by atoms with Crippen LogP contribution >= 0.6 is 0 Å². The van der Waals surface area contributed by atoms with E-state index < -0.39 is 21.1 Å². The average Bonchev–Trinajstić information content (AvgIpc) is 2.27. The first-order valence-corrected chi connectivity index (χ1v) is 6.03. The number of nitrogens with zero attached hydrogens (tertiary/aromatic N) is 1. The fourth-order valence-corrected chi connectivity index (χ4v) is 1.63. The fourth-order valence-electron chi connectivity index (χ4n) is 1.08. The van der Waals surface area contributed by atoms with E-state index in [1.165, 1.54) is 24.3 Å². The first kappa shape index (κ1) is 13.9. The molecule has 18 heavy (non-hydrogen) atoms. The van der Waals surface area contributed by atoms with Gasteiger partial charge in [-0.3, -0.25) is 9.35 Å². The van der Waals surface area contributed by atoms with Crippen LogP contribution in [-0.2, 0) is 14.9 Å². The van der Waals surface area contributed by atoms with Crippen LogP contribution in [0.3, 0.4) is 0 Å². The number of nitrogens with two attached hydrogens (primary N) is 2. The molecule has 0 radical (unpaired) electrons. The molecule has 1 atom stereocenters. The summed E-state index contributed by atoms with van der Waals surface area (Å²) in [4.78, 5) is 14.1. The summed E-state index contributed by atoms with van der Waals surface area (Å²) in [7, 11) is -5.01. The highest BCUT2D eigenvalue weighted by atomic mass is 32.2. The van der Waals surface area contributed by atoms with Crippen LogP contribution in [0.25, 0.3) is 0 Å². The van der Waals surface area contributed by atoms with E-state index >= 15 is 0 Å². The highest BCUT2D eigenvalue weighted by molar-refractivity contribution is 7.87. The highest BCUT2D eigenvalue weighted by Gasteiger charge is 2.46. The lowest BCUT2D eigenvalue weighted by Gasteiger charge is -2.21. The Hall–Kier alpha value is -2.13. The van der Waals surface area contributed by atoms with Gasteiger partial charge in [0.2, 0.25) is 6.29 Å². The van der Waals surface area contributed by atoms with Crippen molar-refractivity contribution >= 4 is 22.4 Å². The van der Waals surface area contributed by atoms with Gasteiger partial charge in [-0.15, -0.1) is 0 Å². The zero-order valence-corrected chi connectivity index (χ0v) is 9.87. The Balaban J connectivity index is 3.30. The smallest absolute Gasteiger partial charge is 0.388 e. The van der Waals surface area contributed by atoms with Gasteiger partial charge >= 0.3 is 15.2 Å². The number of guanidine groups is 1. The van der Waals surface area contributed by atoms with Crippen molar-refractivity contribution in [3.8, 4) is 5.75 Å². The zero-order chi connectivity index (χ0) is 13.8. The van der Waals surface area contributed by atoms with E-state index in [1.54, 1.807) is 6.07 Å². The molecule has 0 aliphatic rings. The maximum Gasteiger partial charge on any atom is 0.388 e. The third-order valence-corrected chi connectivity index (χ3v) is 2.82. The second kappa shape index (κ2) is 5.02. The average molecular weight is 273 g/mol. The summed E-state index contributed by atoms with van der Waals surface area (Å²) in [5.74, 6) is -0.733. The quantitative estimate of drug-likeness (QED) is 0.272. The first-order chi connectivity index (χ1) is 8.31. The van der Waals surface area contributed by atoms with Crippen LogP contribution in [0.5, 0.6) is 5.75 Å². The van der Waals surface area contributed by atoms with Gasteiger partial charge in [0.1, 0.15) is 5.75 Å². The van der Waals surface area contributed by atoms with E-state index in [2.05, 4.69) is 4.99 Å². The van der Waals surface area contributed by atoms with E-state index in [1.807, 2.05) is 0 Å². The number of hydrogen-bond donors (Lipinski definition) is 3. The molecule has 9 heteroatoms. The SMILES string of the molecule is NC(N)=NC(C=O)(Oc1ccccc1)S(=O)(=O)O. The number of hydrogen-bond acceptors (Lipinski definition) is 5. The van der Waals surface area contributed by atoms with Gasteiger partial charge in [-0.05, 0) is 12.1 Å². The minimum Gasteiger partial charge on any atom is -0.445 e. The highest BCUT2D eigenvalue weighted by Crippen LogP contribution is 2.22. The lowest BCUT2D eigenvalue weighted by molar-refractivity contribution is -0.115. The van der Waals surface area contributed by atoms with E-state index in [-0.39, 0.29) is 12.0 Å². The first-order valence-electron chi connectivity index (χ1n) is 4.59. The predicted octanol–water partition coefficient (Wildman–Crippen LogP) is -0.921. The van der Waals surface area contributed by atoms with E-state index in [4.69, 9.17) is 20.8 Å². The number of para-hydroxylation sites is 1. The van der Waals surface area contributed by atoms with Crippen molar-refractivity contribution in [2.45, 2.75) is 5.06 Å². The number of carbonyl (C=O) groups excluding carboxylic acids is 1. The monoisotopic (exact) mass is 273 g/mol. The normalized spacial score (nSPS) is 14.3. The summed E-state index contributed by atoms with van der Waals surface area (Å²) in [6.07, 6.45) is -0.213. The molecule has 0 fully saturated rings. The molecule has 98 valence electrons. The summed E-state index contributed by atoms with van der Waals surface area (Å²) < 4.78 is 36.3. The Morgan fingerprint density at radius 1 is 1.33 bits per heavy atom. The van der Waals surface area contributed by atoms with Crippen LogP contribution in [0, 0.1) is 0 Å². The molecule has 0 heterocycles. The van der Waals surface area contributed by atoms with E-state index in [0.717, 1.165) is 0 Å². The fraction of sp³-hybridized carbons (Fsp3) is 0.111. The van der Waals surface area contributed by atoms with Crippen molar-refractivity contribution in [3.63, 3.8) is 0 Å². The predicted molar refractivity (Wildman–Crippen MR) is 63.2 cm³/mol. The van der Waals surface area contributed by atoms with Crippen LogP contribution in [0.4, 0.5) is 0 Å². The standard InChI is InChI=1S/C9H11N3O5S/c10-8(11)12-9(6-13,18(14,15)16)17-7-4-2-1-3-5-7/h1-6H,(H4,10,11,12)(H,14,15,16). The molecule has 1 unspecified atom stereocenters. The second-order valence-corrected chi connectivity index (χ2v) is 4.71. The van der Waals surface area contributed by atoms with Gasteiger partial charge in [-0.1, -0.05) is 18.2 Å². The zero-order valence-electron chi connectivity index (χ0n) is 9.05. The lowest BCUT2D eigenvalue weighted by atomic mass is 10.3. The van der Waals surface area contributed by atoms with Crippen molar-refractivity contribution < 1.29 is 22.5 Å². The molecule has 0 bridgehead atoms. The van der Waals surface area contributed by atoms with Gasteiger partial charge in [0.25, 0.3) is 0 Å². The molecular formula is C9H11N3O5S. The minimum atomic E-state index is -5.01. The number of ether oxygens (including phenoxy) is 1. The van der Waals surface area contributed by atoms with Gasteiger partial charge in [0, 0.05) is 0 Å². The maximum absolute atomic E-state index is 11.2. The Morgan fingerprint density at radius 3 is 2.28 bits per heavy atom. The van der Waals surface area contributed by atoms with Crippen molar-refractivity contribution in [3.05, 3.63) is 30.3 Å². The minimum absolute atomic E-state index is 0.00720. The van der Waals surface area contributed by atoms with Gasteiger partial charge in [-0.25, -0.2) is 0 Å². The number of aldehydes is 1.